The summed E-state index contributed by atoms with van der Waals surface area (Å²) < 4.78 is 27.0. The Bertz CT molecular complexity index is 527. The summed E-state index contributed by atoms with van der Waals surface area (Å²) in [6.45, 7) is 4.54. The average molecular weight is 285 g/mol. The topological polar surface area (TPSA) is 75.4 Å². The van der Waals surface area contributed by atoms with Crippen LogP contribution in [-0.4, -0.2) is 40.0 Å². The number of nitrogens with one attached hydrogen (secondary N) is 1. The Morgan fingerprint density at radius 2 is 2.00 bits per heavy atom. The van der Waals surface area contributed by atoms with Gasteiger partial charge in [-0.2, -0.15) is 0 Å². The number of sulfonamides is 1. The summed E-state index contributed by atoms with van der Waals surface area (Å²) in [6.07, 6.45) is 0.758. The van der Waals surface area contributed by atoms with Crippen molar-refractivity contribution in [1.82, 2.24) is 9.62 Å². The molecular formula is C13H23N3O2S. The molecule has 6 heteroatoms. The van der Waals surface area contributed by atoms with Gasteiger partial charge in [-0.1, -0.05) is 6.07 Å². The minimum atomic E-state index is -3.50. The Kier molecular flexibility index (Phi) is 5.34. The quantitative estimate of drug-likeness (QED) is 0.770. The molecule has 19 heavy (non-hydrogen) atoms. The smallest absolute Gasteiger partial charge is 0.240 e. The molecule has 0 aliphatic carbocycles. The molecule has 108 valence electrons. The molecule has 0 aromatic heterocycles. The normalized spacial score (nSPS) is 13.7. The molecule has 0 fully saturated rings. The lowest BCUT2D eigenvalue weighted by Crippen LogP contribution is -2.34. The number of anilines is 1. The number of aryl methyl sites for hydroxylation is 1. The van der Waals surface area contributed by atoms with E-state index in [-0.39, 0.29) is 10.9 Å². The van der Waals surface area contributed by atoms with Gasteiger partial charge in [0.15, 0.2) is 0 Å². The third-order valence-corrected chi connectivity index (χ3v) is 4.51. The van der Waals surface area contributed by atoms with Crippen molar-refractivity contribution in [3.05, 3.63) is 23.8 Å². The van der Waals surface area contributed by atoms with Gasteiger partial charge in [0.25, 0.3) is 0 Å². The molecule has 0 aliphatic heterocycles. The van der Waals surface area contributed by atoms with Gasteiger partial charge in [-0.3, -0.25) is 0 Å². The third kappa shape index (κ3) is 4.81. The lowest BCUT2D eigenvalue weighted by Gasteiger charge is -2.17. The summed E-state index contributed by atoms with van der Waals surface area (Å²) in [5.74, 6) is 0. The predicted octanol–water partition coefficient (Wildman–Crippen LogP) is 1.20. The van der Waals surface area contributed by atoms with Crippen LogP contribution in [0.5, 0.6) is 0 Å². The van der Waals surface area contributed by atoms with Crippen LogP contribution < -0.4 is 10.5 Å². The van der Waals surface area contributed by atoms with Crippen LogP contribution in [0.1, 0.15) is 18.9 Å². The Balaban J connectivity index is 2.77. The number of rotatable bonds is 6. The first-order chi connectivity index (χ1) is 8.72. The first-order valence-electron chi connectivity index (χ1n) is 6.25. The number of nitrogens with two attached hydrogens (primary N) is 1. The van der Waals surface area contributed by atoms with E-state index in [2.05, 4.69) is 4.72 Å². The van der Waals surface area contributed by atoms with E-state index in [0.717, 1.165) is 18.5 Å². The van der Waals surface area contributed by atoms with E-state index in [1.807, 2.05) is 32.8 Å². The maximum absolute atomic E-state index is 12.2. The fourth-order valence-corrected chi connectivity index (χ4v) is 2.94. The fourth-order valence-electron chi connectivity index (χ4n) is 1.63. The van der Waals surface area contributed by atoms with Crippen LogP contribution in [0.15, 0.2) is 23.1 Å². The van der Waals surface area contributed by atoms with Crippen molar-refractivity contribution >= 4 is 15.7 Å². The van der Waals surface area contributed by atoms with Crippen LogP contribution in [0.4, 0.5) is 5.69 Å². The lowest BCUT2D eigenvalue weighted by molar-refractivity contribution is 0.379. The molecular weight excluding hydrogens is 262 g/mol. The minimum Gasteiger partial charge on any atom is -0.398 e. The van der Waals surface area contributed by atoms with E-state index in [4.69, 9.17) is 5.73 Å². The highest BCUT2D eigenvalue weighted by Gasteiger charge is 2.17. The highest BCUT2D eigenvalue weighted by Crippen LogP contribution is 2.17. The standard InChI is InChI=1S/C13H23N3O2S/c1-10-5-6-12(9-13(10)14)19(17,18)15-11(2)7-8-16(3)4/h5-6,9,11,15H,7-8,14H2,1-4H3. The molecule has 0 bridgehead atoms. The molecule has 0 saturated heterocycles. The monoisotopic (exact) mass is 285 g/mol. The van der Waals surface area contributed by atoms with Crippen LogP contribution in [0.25, 0.3) is 0 Å². The van der Waals surface area contributed by atoms with Crippen molar-refractivity contribution in [3.63, 3.8) is 0 Å². The SMILES string of the molecule is Cc1ccc(S(=O)(=O)NC(C)CCN(C)C)cc1N. The van der Waals surface area contributed by atoms with Crippen molar-refractivity contribution in [2.24, 2.45) is 0 Å². The molecule has 0 heterocycles. The lowest BCUT2D eigenvalue weighted by atomic mass is 10.2. The van der Waals surface area contributed by atoms with Gasteiger partial charge in [-0.15, -0.1) is 0 Å². The van der Waals surface area contributed by atoms with Crippen molar-refractivity contribution in [3.8, 4) is 0 Å². The summed E-state index contributed by atoms with van der Waals surface area (Å²) in [6, 6.07) is 4.67. The Labute approximate surface area is 115 Å². The Morgan fingerprint density at radius 3 is 2.53 bits per heavy atom. The van der Waals surface area contributed by atoms with Crippen molar-refractivity contribution < 1.29 is 8.42 Å². The summed E-state index contributed by atoms with van der Waals surface area (Å²) in [5, 5.41) is 0. The van der Waals surface area contributed by atoms with Crippen LogP contribution in [0.3, 0.4) is 0 Å². The highest BCUT2D eigenvalue weighted by atomic mass is 32.2. The molecule has 1 rings (SSSR count). The summed E-state index contributed by atoms with van der Waals surface area (Å²) >= 11 is 0. The van der Waals surface area contributed by atoms with Crippen molar-refractivity contribution in [2.75, 3.05) is 26.4 Å². The summed E-state index contributed by atoms with van der Waals surface area (Å²) in [4.78, 5) is 2.24. The third-order valence-electron chi connectivity index (χ3n) is 2.93. The van der Waals surface area contributed by atoms with Gasteiger partial charge < -0.3 is 10.6 Å². The second kappa shape index (κ2) is 6.36. The molecule has 0 amide bonds. The van der Waals surface area contributed by atoms with E-state index < -0.39 is 10.0 Å². The molecule has 5 nitrogen and oxygen atoms in total. The van der Waals surface area contributed by atoms with Crippen LogP contribution >= 0.6 is 0 Å². The van der Waals surface area contributed by atoms with E-state index >= 15 is 0 Å². The molecule has 1 unspecified atom stereocenters. The number of hydrogen-bond acceptors (Lipinski definition) is 4. The second-order valence-electron chi connectivity index (χ2n) is 5.13. The molecule has 0 aliphatic rings. The van der Waals surface area contributed by atoms with Crippen LogP contribution in [0, 0.1) is 6.92 Å². The van der Waals surface area contributed by atoms with Gasteiger partial charge >= 0.3 is 0 Å². The highest BCUT2D eigenvalue weighted by molar-refractivity contribution is 7.89. The summed E-state index contributed by atoms with van der Waals surface area (Å²) in [5.41, 5.74) is 7.11. The van der Waals surface area contributed by atoms with E-state index in [1.165, 1.54) is 6.07 Å². The molecule has 0 radical (unpaired) electrons. The molecule has 3 N–H and O–H groups in total. The maximum Gasteiger partial charge on any atom is 0.240 e. The first-order valence-corrected chi connectivity index (χ1v) is 7.74. The zero-order valence-electron chi connectivity index (χ0n) is 12.0. The second-order valence-corrected chi connectivity index (χ2v) is 6.85. The average Bonchev–Trinajstić information content (AvgIpc) is 2.29. The van der Waals surface area contributed by atoms with Gasteiger partial charge in [-0.25, -0.2) is 13.1 Å². The van der Waals surface area contributed by atoms with Crippen LogP contribution in [-0.2, 0) is 10.0 Å². The van der Waals surface area contributed by atoms with Gasteiger partial charge in [0.1, 0.15) is 0 Å². The number of benzene rings is 1. The molecule has 0 spiro atoms. The first kappa shape index (κ1) is 15.9. The predicted molar refractivity (Wildman–Crippen MR) is 78.5 cm³/mol. The van der Waals surface area contributed by atoms with E-state index in [0.29, 0.717) is 5.69 Å². The van der Waals surface area contributed by atoms with Gasteiger partial charge in [0.05, 0.1) is 4.90 Å². The zero-order chi connectivity index (χ0) is 14.6. The molecule has 1 aromatic rings. The minimum absolute atomic E-state index is 0.116. The van der Waals surface area contributed by atoms with Crippen molar-refractivity contribution in [1.29, 1.82) is 0 Å². The fraction of sp³-hybridized carbons (Fsp3) is 0.538. The van der Waals surface area contributed by atoms with E-state index in [9.17, 15) is 8.42 Å². The largest absolute Gasteiger partial charge is 0.398 e. The number of nitrogens with zero attached hydrogens (tertiary/aromatic N) is 1. The maximum atomic E-state index is 12.2. The van der Waals surface area contributed by atoms with Crippen molar-refractivity contribution in [2.45, 2.75) is 31.2 Å². The van der Waals surface area contributed by atoms with Gasteiger partial charge in [0, 0.05) is 11.7 Å². The Hall–Kier alpha value is -1.11. The number of hydrogen-bond donors (Lipinski definition) is 2. The molecule has 1 atom stereocenters. The Morgan fingerprint density at radius 1 is 1.37 bits per heavy atom. The number of nitrogen functional groups attached to an aromatic ring is 1. The molecule has 1 aromatic carbocycles. The van der Waals surface area contributed by atoms with Gasteiger partial charge in [0.2, 0.25) is 10.0 Å². The summed E-state index contributed by atoms with van der Waals surface area (Å²) in [7, 11) is 0.425. The van der Waals surface area contributed by atoms with Gasteiger partial charge in [-0.05, 0) is 58.6 Å². The zero-order valence-corrected chi connectivity index (χ0v) is 12.8. The van der Waals surface area contributed by atoms with E-state index in [1.54, 1.807) is 12.1 Å². The molecule has 0 saturated carbocycles. The van der Waals surface area contributed by atoms with Crippen LogP contribution in [0.2, 0.25) is 0 Å².